The third kappa shape index (κ3) is 3.02. The number of hydrogen-bond donors (Lipinski definition) is 1. The lowest BCUT2D eigenvalue weighted by molar-refractivity contribution is 0.372. The summed E-state index contributed by atoms with van der Waals surface area (Å²) in [6.07, 6.45) is 0. The summed E-state index contributed by atoms with van der Waals surface area (Å²) in [6.45, 7) is 0. The molecule has 0 amide bonds. The van der Waals surface area contributed by atoms with E-state index in [2.05, 4.69) is 0 Å². The second-order valence-electron chi connectivity index (χ2n) is 2.99. The number of halogens is 1. The van der Waals surface area contributed by atoms with Crippen LogP contribution in [0.15, 0.2) is 12.1 Å². The van der Waals surface area contributed by atoms with Crippen molar-refractivity contribution >= 4 is 19.7 Å². The molecule has 0 aliphatic heterocycles. The molecule has 0 aromatic heterocycles. The van der Waals surface area contributed by atoms with Gasteiger partial charge in [0.05, 0.1) is 18.4 Å². The van der Waals surface area contributed by atoms with E-state index in [0.29, 0.717) is 0 Å². The third-order valence-corrected chi connectivity index (χ3v) is 2.82. The highest BCUT2D eigenvalue weighted by atomic mass is 35.7. The van der Waals surface area contributed by atoms with E-state index in [1.165, 1.54) is 19.2 Å². The molecular formula is C9H8ClNO4S. The second kappa shape index (κ2) is 4.60. The number of hydrogen-bond acceptors (Lipinski definition) is 5. The van der Waals surface area contributed by atoms with Gasteiger partial charge in [0.15, 0.2) is 11.5 Å². The smallest absolute Gasteiger partial charge is 0.236 e. The number of aromatic hydroxyl groups is 1. The molecule has 0 spiro atoms. The Hall–Kier alpha value is -1.45. The monoisotopic (exact) mass is 261 g/mol. The maximum Gasteiger partial charge on any atom is 0.236 e. The van der Waals surface area contributed by atoms with Crippen LogP contribution in [0, 0.1) is 11.3 Å². The van der Waals surface area contributed by atoms with Crippen LogP contribution in [0.25, 0.3) is 0 Å². The van der Waals surface area contributed by atoms with Gasteiger partial charge in [-0.25, -0.2) is 8.42 Å². The average Bonchev–Trinajstić information content (AvgIpc) is 2.18. The molecule has 1 aromatic rings. The van der Waals surface area contributed by atoms with Gasteiger partial charge < -0.3 is 9.84 Å². The molecule has 0 aliphatic rings. The van der Waals surface area contributed by atoms with Crippen molar-refractivity contribution < 1.29 is 18.3 Å². The van der Waals surface area contributed by atoms with Crippen LogP contribution < -0.4 is 4.74 Å². The summed E-state index contributed by atoms with van der Waals surface area (Å²) in [5.41, 5.74) is 0.218. The summed E-state index contributed by atoms with van der Waals surface area (Å²) >= 11 is 0. The average molecular weight is 262 g/mol. The molecule has 0 radical (unpaired) electrons. The van der Waals surface area contributed by atoms with Gasteiger partial charge in [0.1, 0.15) is 6.07 Å². The SMILES string of the molecule is COc1cc(CS(=O)(=O)Cl)cc(C#N)c1O. The van der Waals surface area contributed by atoms with Gasteiger partial charge in [-0.1, -0.05) is 0 Å². The molecule has 1 N–H and O–H groups in total. The minimum atomic E-state index is -3.71. The molecule has 0 saturated carbocycles. The number of benzene rings is 1. The molecule has 0 fully saturated rings. The molecule has 5 nitrogen and oxygen atoms in total. The Morgan fingerprint density at radius 3 is 2.62 bits per heavy atom. The quantitative estimate of drug-likeness (QED) is 0.830. The first kappa shape index (κ1) is 12.6. The molecule has 86 valence electrons. The molecule has 0 heterocycles. The van der Waals surface area contributed by atoms with E-state index in [0.717, 1.165) is 0 Å². The van der Waals surface area contributed by atoms with Gasteiger partial charge in [-0.05, 0) is 17.7 Å². The summed E-state index contributed by atoms with van der Waals surface area (Å²) in [7, 11) is 2.67. The van der Waals surface area contributed by atoms with Crippen LogP contribution in [0.3, 0.4) is 0 Å². The summed E-state index contributed by atoms with van der Waals surface area (Å²) in [4.78, 5) is 0. The van der Waals surface area contributed by atoms with Crippen molar-refractivity contribution in [3.05, 3.63) is 23.3 Å². The number of nitrogens with zero attached hydrogens (tertiary/aromatic N) is 1. The topological polar surface area (TPSA) is 87.4 Å². The van der Waals surface area contributed by atoms with Crippen molar-refractivity contribution in [2.75, 3.05) is 7.11 Å². The van der Waals surface area contributed by atoms with Gasteiger partial charge in [-0.3, -0.25) is 0 Å². The van der Waals surface area contributed by atoms with E-state index < -0.39 is 14.8 Å². The maximum atomic E-state index is 10.9. The predicted molar refractivity (Wildman–Crippen MR) is 57.9 cm³/mol. The highest BCUT2D eigenvalue weighted by Crippen LogP contribution is 2.31. The van der Waals surface area contributed by atoms with Crippen molar-refractivity contribution in [1.82, 2.24) is 0 Å². The van der Waals surface area contributed by atoms with Crippen LogP contribution in [0.1, 0.15) is 11.1 Å². The first-order valence-electron chi connectivity index (χ1n) is 4.09. The number of phenolic OH excluding ortho intramolecular Hbond substituents is 1. The Kier molecular flexibility index (Phi) is 3.62. The standard InChI is InChI=1S/C9H8ClNO4S/c1-15-8-3-6(5-16(10,13)14)2-7(4-11)9(8)12/h2-3,12H,5H2,1H3. The Bertz CT molecular complexity index is 547. The molecule has 0 atom stereocenters. The molecule has 7 heteroatoms. The normalized spacial score (nSPS) is 10.8. The van der Waals surface area contributed by atoms with E-state index in [9.17, 15) is 13.5 Å². The van der Waals surface area contributed by atoms with Crippen molar-refractivity contribution in [3.8, 4) is 17.6 Å². The minimum Gasteiger partial charge on any atom is -0.503 e. The summed E-state index contributed by atoms with van der Waals surface area (Å²) < 4.78 is 26.5. The van der Waals surface area contributed by atoms with Gasteiger partial charge in [0.25, 0.3) is 0 Å². The fourth-order valence-electron chi connectivity index (χ4n) is 1.19. The fraction of sp³-hybridized carbons (Fsp3) is 0.222. The van der Waals surface area contributed by atoms with Crippen LogP contribution in [0.2, 0.25) is 0 Å². The fourth-order valence-corrected chi connectivity index (χ4v) is 2.13. The van der Waals surface area contributed by atoms with Crippen LogP contribution in [-0.4, -0.2) is 20.6 Å². The van der Waals surface area contributed by atoms with Crippen molar-refractivity contribution in [2.24, 2.45) is 0 Å². The molecule has 0 saturated heterocycles. The Balaban J connectivity index is 3.29. The number of phenols is 1. The molecule has 0 bridgehead atoms. The first-order chi connectivity index (χ1) is 7.37. The summed E-state index contributed by atoms with van der Waals surface area (Å²) in [5, 5.41) is 18.2. The van der Waals surface area contributed by atoms with Gasteiger partial charge in [-0.2, -0.15) is 5.26 Å². The Morgan fingerprint density at radius 2 is 2.19 bits per heavy atom. The van der Waals surface area contributed by atoms with Crippen LogP contribution in [0.4, 0.5) is 0 Å². The molecule has 0 aliphatic carbocycles. The largest absolute Gasteiger partial charge is 0.503 e. The van der Waals surface area contributed by atoms with Gasteiger partial charge in [0, 0.05) is 10.7 Å². The van der Waals surface area contributed by atoms with Gasteiger partial charge in [-0.15, -0.1) is 0 Å². The van der Waals surface area contributed by atoms with Gasteiger partial charge in [0.2, 0.25) is 9.05 Å². The number of rotatable bonds is 3. The Morgan fingerprint density at radius 1 is 1.56 bits per heavy atom. The molecule has 16 heavy (non-hydrogen) atoms. The first-order valence-corrected chi connectivity index (χ1v) is 6.57. The van der Waals surface area contributed by atoms with E-state index in [1.807, 2.05) is 0 Å². The molecule has 1 aromatic carbocycles. The van der Waals surface area contributed by atoms with E-state index >= 15 is 0 Å². The lowest BCUT2D eigenvalue weighted by Gasteiger charge is -2.07. The zero-order valence-corrected chi connectivity index (χ0v) is 9.84. The zero-order chi connectivity index (χ0) is 12.3. The van der Waals surface area contributed by atoms with E-state index in [-0.39, 0.29) is 22.6 Å². The third-order valence-electron chi connectivity index (χ3n) is 1.81. The molecule has 1 rings (SSSR count). The summed E-state index contributed by atoms with van der Waals surface area (Å²) in [6, 6.07) is 4.29. The van der Waals surface area contributed by atoms with Gasteiger partial charge >= 0.3 is 0 Å². The molecular weight excluding hydrogens is 254 g/mol. The summed E-state index contributed by atoms with van der Waals surface area (Å²) in [5.74, 6) is -0.713. The van der Waals surface area contributed by atoms with Crippen molar-refractivity contribution in [3.63, 3.8) is 0 Å². The predicted octanol–water partition coefficient (Wildman–Crippen LogP) is 1.34. The number of ether oxygens (including phenoxy) is 1. The van der Waals surface area contributed by atoms with Crippen LogP contribution >= 0.6 is 10.7 Å². The minimum absolute atomic E-state index is 0.0365. The van der Waals surface area contributed by atoms with Crippen LogP contribution in [-0.2, 0) is 14.8 Å². The van der Waals surface area contributed by atoms with E-state index in [4.69, 9.17) is 20.7 Å². The Labute approximate surface area is 97.3 Å². The number of nitriles is 1. The zero-order valence-electron chi connectivity index (χ0n) is 8.27. The molecule has 0 unspecified atom stereocenters. The number of methoxy groups -OCH3 is 1. The second-order valence-corrected chi connectivity index (χ2v) is 5.77. The maximum absolute atomic E-state index is 10.9. The highest BCUT2D eigenvalue weighted by Gasteiger charge is 2.14. The van der Waals surface area contributed by atoms with Crippen molar-refractivity contribution in [2.45, 2.75) is 5.75 Å². The highest BCUT2D eigenvalue weighted by molar-refractivity contribution is 8.13. The van der Waals surface area contributed by atoms with Crippen LogP contribution in [0.5, 0.6) is 11.5 Å². The lowest BCUT2D eigenvalue weighted by atomic mass is 10.1. The lowest BCUT2D eigenvalue weighted by Crippen LogP contribution is -1.97. The van der Waals surface area contributed by atoms with Crippen molar-refractivity contribution in [1.29, 1.82) is 5.26 Å². The van der Waals surface area contributed by atoms with E-state index in [1.54, 1.807) is 6.07 Å².